The lowest BCUT2D eigenvalue weighted by molar-refractivity contribution is 0.100. The lowest BCUT2D eigenvalue weighted by Gasteiger charge is -2.08. The summed E-state index contributed by atoms with van der Waals surface area (Å²) < 4.78 is 0. The number of hydrogen-bond acceptors (Lipinski definition) is 3. The van der Waals surface area contributed by atoms with Gasteiger partial charge in [-0.1, -0.05) is 30.3 Å². The van der Waals surface area contributed by atoms with Crippen molar-refractivity contribution in [2.45, 2.75) is 6.54 Å². The number of pyridine rings is 1. The van der Waals surface area contributed by atoms with Gasteiger partial charge >= 0.3 is 0 Å². The fourth-order valence-corrected chi connectivity index (χ4v) is 1.53. The van der Waals surface area contributed by atoms with Crippen molar-refractivity contribution < 1.29 is 4.79 Å². The summed E-state index contributed by atoms with van der Waals surface area (Å²) in [4.78, 5) is 15.3. The van der Waals surface area contributed by atoms with Crippen molar-refractivity contribution in [3.8, 4) is 0 Å². The van der Waals surface area contributed by atoms with Gasteiger partial charge in [0, 0.05) is 12.7 Å². The Bertz CT molecular complexity index is 511. The first-order chi connectivity index (χ1) is 8.27. The Balaban J connectivity index is 2.12. The van der Waals surface area contributed by atoms with Crippen LogP contribution in [0.25, 0.3) is 0 Å². The largest absolute Gasteiger partial charge is 0.365 e. The van der Waals surface area contributed by atoms with Crippen molar-refractivity contribution in [2.24, 2.45) is 5.73 Å². The third-order valence-electron chi connectivity index (χ3n) is 2.38. The molecule has 0 atom stereocenters. The third-order valence-corrected chi connectivity index (χ3v) is 2.38. The predicted molar refractivity (Wildman–Crippen MR) is 66.5 cm³/mol. The van der Waals surface area contributed by atoms with Crippen LogP contribution in [0, 0.1) is 0 Å². The summed E-state index contributed by atoms with van der Waals surface area (Å²) >= 11 is 0. The molecule has 0 aliphatic carbocycles. The van der Waals surface area contributed by atoms with E-state index in [0.29, 0.717) is 17.9 Å². The summed E-state index contributed by atoms with van der Waals surface area (Å²) in [5.74, 6) is 0.0394. The molecule has 1 aromatic heterocycles. The molecule has 1 aromatic carbocycles. The monoisotopic (exact) mass is 227 g/mol. The van der Waals surface area contributed by atoms with E-state index < -0.39 is 5.91 Å². The Hall–Kier alpha value is -2.36. The first-order valence-electron chi connectivity index (χ1n) is 5.30. The molecule has 0 radical (unpaired) electrons. The smallest absolute Gasteiger partial charge is 0.252 e. The van der Waals surface area contributed by atoms with Crippen molar-refractivity contribution in [3.63, 3.8) is 0 Å². The number of aromatic nitrogens is 1. The minimum atomic E-state index is -0.478. The predicted octanol–water partition coefficient (Wildman–Crippen LogP) is 1.79. The zero-order valence-electron chi connectivity index (χ0n) is 9.26. The van der Waals surface area contributed by atoms with Crippen molar-refractivity contribution >= 4 is 11.7 Å². The third kappa shape index (κ3) is 2.81. The molecule has 2 aromatic rings. The molecule has 0 fully saturated rings. The van der Waals surface area contributed by atoms with Gasteiger partial charge in [-0.05, 0) is 17.7 Å². The molecule has 0 spiro atoms. The van der Waals surface area contributed by atoms with E-state index in [0.717, 1.165) is 5.56 Å². The second-order valence-electron chi connectivity index (χ2n) is 3.60. The molecule has 0 saturated carbocycles. The minimum Gasteiger partial charge on any atom is -0.365 e. The number of amides is 1. The number of benzene rings is 1. The lowest BCUT2D eigenvalue weighted by atomic mass is 10.2. The minimum absolute atomic E-state index is 0.406. The number of carbonyl (C=O) groups excluding carboxylic acids is 1. The van der Waals surface area contributed by atoms with Gasteiger partial charge < -0.3 is 11.1 Å². The molecule has 4 nitrogen and oxygen atoms in total. The zero-order valence-corrected chi connectivity index (χ0v) is 9.26. The molecule has 1 amide bonds. The van der Waals surface area contributed by atoms with Gasteiger partial charge in [-0.2, -0.15) is 0 Å². The van der Waals surface area contributed by atoms with E-state index in [1.54, 1.807) is 18.3 Å². The standard InChI is InChI=1S/C13H13N3O/c14-12(17)11-7-4-8-15-13(11)16-9-10-5-2-1-3-6-10/h1-8H,9H2,(H2,14,17)(H,15,16). The van der Waals surface area contributed by atoms with Crippen LogP contribution in [0.5, 0.6) is 0 Å². The number of rotatable bonds is 4. The first kappa shape index (κ1) is 11.1. The van der Waals surface area contributed by atoms with Gasteiger partial charge in [0.1, 0.15) is 5.82 Å². The Morgan fingerprint density at radius 3 is 2.65 bits per heavy atom. The Morgan fingerprint density at radius 1 is 1.18 bits per heavy atom. The van der Waals surface area contributed by atoms with Crippen LogP contribution in [-0.4, -0.2) is 10.9 Å². The molecule has 2 rings (SSSR count). The van der Waals surface area contributed by atoms with E-state index in [-0.39, 0.29) is 0 Å². The fourth-order valence-electron chi connectivity index (χ4n) is 1.53. The maximum absolute atomic E-state index is 11.2. The highest BCUT2D eigenvalue weighted by Gasteiger charge is 2.07. The summed E-state index contributed by atoms with van der Waals surface area (Å²) in [5, 5.41) is 3.10. The van der Waals surface area contributed by atoms with Gasteiger partial charge in [0.25, 0.3) is 5.91 Å². The van der Waals surface area contributed by atoms with Gasteiger partial charge in [-0.15, -0.1) is 0 Å². The molecule has 3 N–H and O–H groups in total. The molecule has 86 valence electrons. The number of carbonyl (C=O) groups is 1. The fraction of sp³-hybridized carbons (Fsp3) is 0.0769. The maximum atomic E-state index is 11.2. The first-order valence-corrected chi connectivity index (χ1v) is 5.30. The van der Waals surface area contributed by atoms with Crippen molar-refractivity contribution in [3.05, 3.63) is 59.8 Å². The second kappa shape index (κ2) is 5.12. The number of primary amides is 1. The molecule has 1 heterocycles. The Morgan fingerprint density at radius 2 is 1.94 bits per heavy atom. The van der Waals surface area contributed by atoms with Crippen LogP contribution in [0.1, 0.15) is 15.9 Å². The second-order valence-corrected chi connectivity index (χ2v) is 3.60. The van der Waals surface area contributed by atoms with Crippen LogP contribution in [0.15, 0.2) is 48.7 Å². The van der Waals surface area contributed by atoms with E-state index in [1.807, 2.05) is 30.3 Å². The molecule has 0 saturated heterocycles. The quantitative estimate of drug-likeness (QED) is 0.836. The van der Waals surface area contributed by atoms with Gasteiger partial charge in [0.2, 0.25) is 0 Å². The van der Waals surface area contributed by atoms with Gasteiger partial charge in [-0.25, -0.2) is 4.98 Å². The van der Waals surface area contributed by atoms with Crippen molar-refractivity contribution in [1.82, 2.24) is 4.98 Å². The number of nitrogens with two attached hydrogens (primary N) is 1. The zero-order chi connectivity index (χ0) is 12.1. The number of nitrogens with zero attached hydrogens (tertiary/aromatic N) is 1. The Labute approximate surface area is 99.5 Å². The van der Waals surface area contributed by atoms with Crippen molar-refractivity contribution in [2.75, 3.05) is 5.32 Å². The van der Waals surface area contributed by atoms with Crippen LogP contribution in [0.2, 0.25) is 0 Å². The van der Waals surface area contributed by atoms with E-state index in [9.17, 15) is 4.79 Å². The molecular formula is C13H13N3O. The molecule has 0 unspecified atom stereocenters. The average Bonchev–Trinajstić information content (AvgIpc) is 2.38. The van der Waals surface area contributed by atoms with E-state index in [1.165, 1.54) is 0 Å². The average molecular weight is 227 g/mol. The normalized spacial score (nSPS) is 9.88. The summed E-state index contributed by atoms with van der Waals surface area (Å²) in [6.45, 7) is 0.609. The lowest BCUT2D eigenvalue weighted by Crippen LogP contribution is -2.15. The van der Waals surface area contributed by atoms with E-state index >= 15 is 0 Å². The maximum Gasteiger partial charge on any atom is 0.252 e. The molecule has 17 heavy (non-hydrogen) atoms. The topological polar surface area (TPSA) is 68.0 Å². The molecule has 0 aliphatic rings. The summed E-state index contributed by atoms with van der Waals surface area (Å²) in [6.07, 6.45) is 1.62. The number of anilines is 1. The van der Waals surface area contributed by atoms with Gasteiger partial charge in [-0.3, -0.25) is 4.79 Å². The van der Waals surface area contributed by atoms with Crippen molar-refractivity contribution in [1.29, 1.82) is 0 Å². The summed E-state index contributed by atoms with van der Waals surface area (Å²) in [5.41, 5.74) is 6.79. The highest BCUT2D eigenvalue weighted by molar-refractivity contribution is 5.97. The van der Waals surface area contributed by atoms with E-state index in [4.69, 9.17) is 5.73 Å². The van der Waals surface area contributed by atoms with Crippen LogP contribution in [0.3, 0.4) is 0 Å². The van der Waals surface area contributed by atoms with Crippen LogP contribution >= 0.6 is 0 Å². The number of nitrogens with one attached hydrogen (secondary N) is 1. The van der Waals surface area contributed by atoms with Gasteiger partial charge in [0.15, 0.2) is 0 Å². The molecule has 0 aliphatic heterocycles. The van der Waals surface area contributed by atoms with Crippen LogP contribution < -0.4 is 11.1 Å². The SMILES string of the molecule is NC(=O)c1cccnc1NCc1ccccc1. The van der Waals surface area contributed by atoms with Gasteiger partial charge in [0.05, 0.1) is 5.56 Å². The summed E-state index contributed by atoms with van der Waals surface area (Å²) in [6, 6.07) is 13.2. The summed E-state index contributed by atoms with van der Waals surface area (Å²) in [7, 11) is 0. The molecular weight excluding hydrogens is 214 g/mol. The molecule has 0 bridgehead atoms. The highest BCUT2D eigenvalue weighted by atomic mass is 16.1. The highest BCUT2D eigenvalue weighted by Crippen LogP contribution is 2.11. The van der Waals surface area contributed by atoms with Crippen LogP contribution in [-0.2, 0) is 6.54 Å². The van der Waals surface area contributed by atoms with Crippen LogP contribution in [0.4, 0.5) is 5.82 Å². The number of hydrogen-bond donors (Lipinski definition) is 2. The Kier molecular flexibility index (Phi) is 3.35. The molecule has 4 heteroatoms. The van der Waals surface area contributed by atoms with E-state index in [2.05, 4.69) is 10.3 Å².